The second kappa shape index (κ2) is 4.33. The van der Waals surface area contributed by atoms with Crippen LogP contribution in [0.4, 0.5) is 0 Å². The Bertz CT molecular complexity index is 395. The van der Waals surface area contributed by atoms with Crippen LogP contribution in [0.3, 0.4) is 0 Å². The van der Waals surface area contributed by atoms with Gasteiger partial charge in [0.05, 0.1) is 0 Å². The van der Waals surface area contributed by atoms with Crippen molar-refractivity contribution >= 4 is 0 Å². The van der Waals surface area contributed by atoms with Gasteiger partial charge in [0.2, 0.25) is 0 Å². The van der Waals surface area contributed by atoms with Crippen LogP contribution in [0.2, 0.25) is 0 Å². The van der Waals surface area contributed by atoms with Gasteiger partial charge < -0.3 is 0 Å². The molecule has 0 heterocycles. The fraction of sp³-hybridized carbons (Fsp3) is 0. The fourth-order valence-corrected chi connectivity index (χ4v) is 1.09. The normalized spacial score (nSPS) is 11.6. The van der Waals surface area contributed by atoms with E-state index in [2.05, 4.69) is 0 Å². The van der Waals surface area contributed by atoms with Gasteiger partial charge in [0.25, 0.3) is 0 Å². The molecule has 0 aliphatic heterocycles. The van der Waals surface area contributed by atoms with Crippen LogP contribution in [0.5, 0.6) is 0 Å². The summed E-state index contributed by atoms with van der Waals surface area (Å²) < 4.78 is 0. The summed E-state index contributed by atoms with van der Waals surface area (Å²) in [4.78, 5) is 6.19. The number of hydrogen-bond donors (Lipinski definition) is 0. The Kier molecular flexibility index (Phi) is 5.52. The third-order valence-electron chi connectivity index (χ3n) is 1.19. The van der Waals surface area contributed by atoms with Crippen LogP contribution in [0.15, 0.2) is 0 Å². The predicted octanol–water partition coefficient (Wildman–Crippen LogP) is 0.0932. The molecule has 9 heteroatoms. The maximum atomic E-state index is 8.58. The standard InChI is InChI=1S/6CN.2Co.Fe/c6*1-2;;;/q;;;;;;2*+2;-4. The van der Waals surface area contributed by atoms with Gasteiger partial charge in [-0.3, -0.25) is 0 Å². The quantitative estimate of drug-likeness (QED) is 0.576. The van der Waals surface area contributed by atoms with Gasteiger partial charge in [-0.05, 0) is 0 Å². The fourth-order valence-electron chi connectivity index (χ4n) is 0.265. The smallest absolute Gasteiger partial charge is 2.00 e. The monoisotopic (exact) mass is 330 g/mol. The minimum absolute atomic E-state index is 0. The number of hydrogen-bond acceptors (Lipinski definition) is 6. The minimum Gasteiger partial charge on any atom is 2.00 e. The van der Waals surface area contributed by atoms with Gasteiger partial charge in [-0.15, -0.1) is 0 Å². The van der Waals surface area contributed by atoms with E-state index in [1.165, 1.54) is 0 Å². The Balaban J connectivity index is -0.000000720. The summed E-state index contributed by atoms with van der Waals surface area (Å²) in [5.41, 5.74) is 0. The van der Waals surface area contributed by atoms with E-state index in [1.54, 1.807) is 0 Å². The molecule has 0 fully saturated rings. The van der Waals surface area contributed by atoms with Gasteiger partial charge in [-0.1, -0.05) is 0 Å². The Morgan fingerprint density at radius 1 is 0.467 bits per heavy atom. The maximum Gasteiger partial charge on any atom is 2.00 e. The molecule has 0 rings (SSSR count). The zero-order valence-electron chi connectivity index (χ0n) is 6.70. The molecular formula is C6Co2FeN6. The molecule has 0 aromatic heterocycles. The minimum atomic E-state index is -6.17. The van der Waals surface area contributed by atoms with Crippen molar-refractivity contribution in [2.45, 2.75) is 0 Å². The van der Waals surface area contributed by atoms with E-state index < -0.39 is 10.7 Å². The summed E-state index contributed by atoms with van der Waals surface area (Å²) in [5.74, 6) is 0. The largest absolute Gasteiger partial charge is 2.00 e. The maximum absolute atomic E-state index is 8.58. The Morgan fingerprint density at radius 2 is 0.600 bits per heavy atom. The van der Waals surface area contributed by atoms with E-state index >= 15 is 0 Å². The van der Waals surface area contributed by atoms with E-state index in [4.69, 9.17) is 31.6 Å². The van der Waals surface area contributed by atoms with Gasteiger partial charge in [0.1, 0.15) is 0 Å². The van der Waals surface area contributed by atoms with Gasteiger partial charge in [-0.25, -0.2) is 0 Å². The van der Waals surface area contributed by atoms with Crippen molar-refractivity contribution in [1.29, 1.82) is 31.6 Å². The zero-order chi connectivity index (χ0) is 10.7. The Hall–Kier alpha value is -1.53. The van der Waals surface area contributed by atoms with E-state index in [0.717, 1.165) is 29.8 Å². The van der Waals surface area contributed by atoms with E-state index in [9.17, 15) is 0 Å². The first kappa shape index (κ1) is 19.1. The van der Waals surface area contributed by atoms with E-state index in [-0.39, 0.29) is 33.6 Å². The average molecular weight is 330 g/mol. The first-order valence-corrected chi connectivity index (χ1v) is 5.71. The number of rotatable bonds is 0. The van der Waals surface area contributed by atoms with Crippen molar-refractivity contribution < 1.29 is 44.3 Å². The molecule has 0 amide bonds. The van der Waals surface area contributed by atoms with Crippen LogP contribution < -0.4 is 0 Å². The van der Waals surface area contributed by atoms with Crippen molar-refractivity contribution in [3.05, 3.63) is 0 Å². The van der Waals surface area contributed by atoms with Crippen LogP contribution in [0.25, 0.3) is 0 Å². The first-order chi connectivity index (χ1) is 5.97. The zero-order valence-corrected chi connectivity index (χ0v) is 9.89. The topological polar surface area (TPSA) is 143 Å². The van der Waals surface area contributed by atoms with Crippen LogP contribution in [-0.4, -0.2) is 0 Å². The second-order valence-electron chi connectivity index (χ2n) is 1.80. The van der Waals surface area contributed by atoms with Gasteiger partial charge in [0.15, 0.2) is 0 Å². The van der Waals surface area contributed by atoms with Gasteiger partial charge in [-0.2, -0.15) is 0 Å². The predicted molar refractivity (Wildman–Crippen MR) is 33.7 cm³/mol. The molecule has 80 valence electrons. The molecule has 15 heavy (non-hydrogen) atoms. The summed E-state index contributed by atoms with van der Waals surface area (Å²) in [7, 11) is -6.17. The molecule has 0 bridgehead atoms. The van der Waals surface area contributed by atoms with Crippen LogP contribution in [-0.2, 0) is 44.3 Å². The molecule has 0 spiro atoms. The van der Waals surface area contributed by atoms with E-state index in [1.807, 2.05) is 0 Å². The molecule has 0 aliphatic rings. The number of nitriles is 6. The van der Waals surface area contributed by atoms with Crippen LogP contribution in [0.1, 0.15) is 0 Å². The first-order valence-electron chi connectivity index (χ1n) is 2.40. The molecule has 0 N–H and O–H groups in total. The summed E-state index contributed by atoms with van der Waals surface area (Å²) in [5, 5.41) is 51.5. The molecule has 0 aliphatic carbocycles. The van der Waals surface area contributed by atoms with Crippen molar-refractivity contribution in [3.63, 3.8) is 0 Å². The third-order valence-corrected chi connectivity index (χ3v) is 4.89. The molecule has 2 radical (unpaired) electrons. The molecule has 0 atom stereocenters. The van der Waals surface area contributed by atoms with E-state index in [0.29, 0.717) is 0 Å². The van der Waals surface area contributed by atoms with Crippen molar-refractivity contribution in [2.75, 3.05) is 0 Å². The molecule has 0 saturated heterocycles. The van der Waals surface area contributed by atoms with Gasteiger partial charge >= 0.3 is 106 Å². The third kappa shape index (κ3) is 1.69. The summed E-state index contributed by atoms with van der Waals surface area (Å²) in [6.07, 6.45) is 0. The molecule has 6 nitrogen and oxygen atoms in total. The molecule has 0 unspecified atom stereocenters. The molecule has 0 aromatic rings. The molecular weight excluding hydrogens is 330 g/mol. The summed E-state index contributed by atoms with van der Waals surface area (Å²) in [6.45, 7) is 0. The summed E-state index contributed by atoms with van der Waals surface area (Å²) in [6, 6.07) is 0. The van der Waals surface area contributed by atoms with Crippen molar-refractivity contribution in [1.82, 2.24) is 0 Å². The summed E-state index contributed by atoms with van der Waals surface area (Å²) >= 11 is 0. The van der Waals surface area contributed by atoms with Gasteiger partial charge in [0, 0.05) is 0 Å². The van der Waals surface area contributed by atoms with Crippen LogP contribution >= 0.6 is 0 Å². The Labute approximate surface area is 105 Å². The van der Waals surface area contributed by atoms with Crippen molar-refractivity contribution in [2.24, 2.45) is 0 Å². The molecule has 0 saturated carbocycles. The SMILES string of the molecule is N#[C][Fe-4]([C]#N)([C]#N)([C]#N)([C]#N)[C]#N.[Co+2].[Co+2]. The Morgan fingerprint density at radius 3 is 0.600 bits per heavy atom. The number of nitrogens with zero attached hydrogens (tertiary/aromatic N) is 6. The van der Waals surface area contributed by atoms with Crippen LogP contribution in [0, 0.1) is 61.4 Å². The van der Waals surface area contributed by atoms with Crippen molar-refractivity contribution in [3.8, 4) is 29.8 Å². The second-order valence-corrected chi connectivity index (χ2v) is 7.42. The average Bonchev–Trinajstić information content (AvgIpc) is 2.26. The molecule has 0 aromatic carbocycles.